The highest BCUT2D eigenvalue weighted by Gasteiger charge is 2.16. The van der Waals surface area contributed by atoms with Crippen LogP contribution in [-0.4, -0.2) is 40.4 Å². The summed E-state index contributed by atoms with van der Waals surface area (Å²) in [4.78, 5) is 23.9. The van der Waals surface area contributed by atoms with Crippen LogP contribution < -0.4 is 9.46 Å². The Morgan fingerprint density at radius 1 is 1.00 bits per heavy atom. The molecule has 0 saturated heterocycles. The number of nitrogens with one attached hydrogen (secondary N) is 1. The van der Waals surface area contributed by atoms with Gasteiger partial charge in [0.05, 0.1) is 24.0 Å². The number of rotatable bonds is 9. The molecular weight excluding hydrogens is 358 g/mol. The molecule has 7 nitrogen and oxygen atoms in total. The van der Waals surface area contributed by atoms with Crippen LogP contribution in [0.25, 0.3) is 0 Å². The highest BCUT2D eigenvalue weighted by Crippen LogP contribution is 2.17. The predicted octanol–water partition coefficient (Wildman–Crippen LogP) is 1.79. The van der Waals surface area contributed by atoms with E-state index in [9.17, 15) is 18.0 Å². The van der Waals surface area contributed by atoms with Gasteiger partial charge in [-0.2, -0.15) is 0 Å². The Morgan fingerprint density at radius 3 is 2.35 bits per heavy atom. The van der Waals surface area contributed by atoms with E-state index in [0.717, 1.165) is 0 Å². The number of hydrogen-bond donors (Lipinski definition) is 1. The number of hydrogen-bond acceptors (Lipinski definition) is 6. The van der Waals surface area contributed by atoms with Crippen molar-refractivity contribution in [2.24, 2.45) is 0 Å². The minimum Gasteiger partial charge on any atom is -0.496 e. The number of para-hydroxylation sites is 1. The monoisotopic (exact) mass is 377 g/mol. The number of Topliss-reactive ketones (excluding diaryl/α,β-unsaturated/α-hetero) is 1. The third-order valence-corrected chi connectivity index (χ3v) is 4.92. The molecule has 2 aromatic rings. The summed E-state index contributed by atoms with van der Waals surface area (Å²) in [6, 6.07) is 14.4. The molecule has 0 amide bonds. The van der Waals surface area contributed by atoms with Crippen LogP contribution in [0.1, 0.15) is 16.8 Å². The number of ketones is 1. The Hall–Kier alpha value is -2.71. The van der Waals surface area contributed by atoms with E-state index in [1.807, 2.05) is 0 Å². The fourth-order valence-electron chi connectivity index (χ4n) is 2.14. The van der Waals surface area contributed by atoms with Crippen molar-refractivity contribution in [1.82, 2.24) is 4.72 Å². The Morgan fingerprint density at radius 2 is 1.65 bits per heavy atom. The smallest absolute Gasteiger partial charge is 0.307 e. The van der Waals surface area contributed by atoms with E-state index in [0.29, 0.717) is 11.3 Å². The van der Waals surface area contributed by atoms with Crippen molar-refractivity contribution in [3.63, 3.8) is 0 Å². The van der Waals surface area contributed by atoms with E-state index in [1.54, 1.807) is 42.5 Å². The molecule has 0 atom stereocenters. The van der Waals surface area contributed by atoms with Gasteiger partial charge in [-0.25, -0.2) is 13.1 Å². The molecule has 0 radical (unpaired) electrons. The lowest BCUT2D eigenvalue weighted by molar-refractivity contribution is -0.142. The minimum absolute atomic E-state index is 0.111. The van der Waals surface area contributed by atoms with E-state index in [4.69, 9.17) is 9.47 Å². The van der Waals surface area contributed by atoms with Crippen LogP contribution in [0.5, 0.6) is 5.75 Å². The number of carbonyl (C=O) groups excluding carboxylic acids is 2. The highest BCUT2D eigenvalue weighted by molar-refractivity contribution is 7.89. The summed E-state index contributed by atoms with van der Waals surface area (Å²) in [5.74, 6) is -0.686. The van der Waals surface area contributed by atoms with Gasteiger partial charge in [-0.1, -0.05) is 30.3 Å². The van der Waals surface area contributed by atoms with Crippen molar-refractivity contribution in [2.75, 3.05) is 20.3 Å². The summed E-state index contributed by atoms with van der Waals surface area (Å²) in [7, 11) is -2.24. The van der Waals surface area contributed by atoms with Crippen LogP contribution in [0, 0.1) is 0 Å². The summed E-state index contributed by atoms with van der Waals surface area (Å²) >= 11 is 0. The molecule has 0 aliphatic carbocycles. The lowest BCUT2D eigenvalue weighted by Gasteiger charge is -2.09. The number of sulfonamides is 1. The molecule has 2 aromatic carbocycles. The van der Waals surface area contributed by atoms with Crippen LogP contribution in [0.2, 0.25) is 0 Å². The van der Waals surface area contributed by atoms with E-state index in [-0.39, 0.29) is 17.9 Å². The van der Waals surface area contributed by atoms with Gasteiger partial charge in [0.2, 0.25) is 15.8 Å². The maximum atomic E-state index is 12.1. The first kappa shape index (κ1) is 19.6. The maximum Gasteiger partial charge on any atom is 0.307 e. The lowest BCUT2D eigenvalue weighted by atomic mass is 10.1. The SMILES string of the molecule is COc1ccccc1C(=O)COC(=O)CCNS(=O)(=O)c1ccccc1. The molecule has 0 aliphatic rings. The molecule has 0 saturated carbocycles. The average molecular weight is 377 g/mol. The molecule has 1 N–H and O–H groups in total. The fourth-order valence-corrected chi connectivity index (χ4v) is 3.19. The Kier molecular flexibility index (Phi) is 6.88. The molecule has 138 valence electrons. The Bertz CT molecular complexity index is 864. The van der Waals surface area contributed by atoms with Crippen LogP contribution in [0.3, 0.4) is 0 Å². The number of benzene rings is 2. The predicted molar refractivity (Wildman–Crippen MR) is 94.5 cm³/mol. The van der Waals surface area contributed by atoms with Gasteiger partial charge in [0.25, 0.3) is 0 Å². The molecule has 8 heteroatoms. The quantitative estimate of drug-likeness (QED) is 0.528. The zero-order valence-corrected chi connectivity index (χ0v) is 15.0. The maximum absolute atomic E-state index is 12.1. The molecule has 0 unspecified atom stereocenters. The third kappa shape index (κ3) is 5.40. The van der Waals surface area contributed by atoms with Crippen molar-refractivity contribution >= 4 is 21.8 Å². The molecular formula is C18H19NO6S. The summed E-state index contributed by atoms with van der Waals surface area (Å²) in [5.41, 5.74) is 0.313. The van der Waals surface area contributed by atoms with Crippen molar-refractivity contribution in [2.45, 2.75) is 11.3 Å². The van der Waals surface area contributed by atoms with Crippen molar-refractivity contribution < 1.29 is 27.5 Å². The van der Waals surface area contributed by atoms with Gasteiger partial charge in [-0.3, -0.25) is 9.59 Å². The largest absolute Gasteiger partial charge is 0.496 e. The molecule has 0 fully saturated rings. The number of esters is 1. The average Bonchev–Trinajstić information content (AvgIpc) is 2.66. The standard InChI is InChI=1S/C18H19NO6S/c1-24-17-10-6-5-9-15(17)16(20)13-25-18(21)11-12-19-26(22,23)14-7-3-2-4-8-14/h2-10,19H,11-13H2,1H3. The van der Waals surface area contributed by atoms with Gasteiger partial charge in [0, 0.05) is 6.54 Å². The van der Waals surface area contributed by atoms with E-state index in [2.05, 4.69) is 4.72 Å². The van der Waals surface area contributed by atoms with Crippen LogP contribution in [-0.2, 0) is 19.6 Å². The second-order valence-corrected chi connectivity index (χ2v) is 7.01. The summed E-state index contributed by atoms with van der Waals surface area (Å²) < 4.78 is 36.3. The van der Waals surface area contributed by atoms with Gasteiger partial charge < -0.3 is 9.47 Å². The van der Waals surface area contributed by atoms with E-state index in [1.165, 1.54) is 19.2 Å². The van der Waals surface area contributed by atoms with Crippen LogP contribution >= 0.6 is 0 Å². The fraction of sp³-hybridized carbons (Fsp3) is 0.222. The molecule has 0 bridgehead atoms. The summed E-state index contributed by atoms with van der Waals surface area (Å²) in [6.45, 7) is -0.566. The molecule has 26 heavy (non-hydrogen) atoms. The second kappa shape index (κ2) is 9.12. The molecule has 0 aliphatic heterocycles. The first-order valence-corrected chi connectivity index (χ1v) is 9.29. The van der Waals surface area contributed by atoms with Gasteiger partial charge in [0.15, 0.2) is 6.61 Å². The topological polar surface area (TPSA) is 98.8 Å². The van der Waals surface area contributed by atoms with Crippen molar-refractivity contribution in [3.05, 3.63) is 60.2 Å². The van der Waals surface area contributed by atoms with Crippen molar-refractivity contribution in [1.29, 1.82) is 0 Å². The summed E-state index contributed by atoms with van der Waals surface area (Å²) in [6.07, 6.45) is -0.189. The number of carbonyl (C=O) groups is 2. The molecule has 0 heterocycles. The van der Waals surface area contributed by atoms with Crippen LogP contribution in [0.15, 0.2) is 59.5 Å². The zero-order valence-electron chi connectivity index (χ0n) is 14.2. The van der Waals surface area contributed by atoms with Gasteiger partial charge in [-0.15, -0.1) is 0 Å². The Balaban J connectivity index is 1.80. The Labute approximate surface area is 152 Å². The normalized spacial score (nSPS) is 11.0. The minimum atomic E-state index is -3.68. The first-order chi connectivity index (χ1) is 12.4. The van der Waals surface area contributed by atoms with Gasteiger partial charge in [0.1, 0.15) is 5.75 Å². The van der Waals surface area contributed by atoms with Crippen LogP contribution in [0.4, 0.5) is 0 Å². The van der Waals surface area contributed by atoms with E-state index >= 15 is 0 Å². The number of methoxy groups -OCH3 is 1. The number of ether oxygens (including phenoxy) is 2. The zero-order chi connectivity index (χ0) is 19.0. The van der Waals surface area contributed by atoms with Crippen molar-refractivity contribution in [3.8, 4) is 5.75 Å². The van der Waals surface area contributed by atoms with Gasteiger partial charge in [-0.05, 0) is 24.3 Å². The highest BCUT2D eigenvalue weighted by atomic mass is 32.2. The third-order valence-electron chi connectivity index (χ3n) is 3.45. The van der Waals surface area contributed by atoms with E-state index < -0.39 is 28.4 Å². The first-order valence-electron chi connectivity index (χ1n) is 7.80. The summed E-state index contributed by atoms with van der Waals surface area (Å²) in [5, 5.41) is 0. The molecule has 0 aromatic heterocycles. The molecule has 0 spiro atoms. The van der Waals surface area contributed by atoms with Gasteiger partial charge >= 0.3 is 5.97 Å². The lowest BCUT2D eigenvalue weighted by Crippen LogP contribution is -2.27. The molecule has 2 rings (SSSR count). The second-order valence-electron chi connectivity index (χ2n) is 5.24.